The highest BCUT2D eigenvalue weighted by Gasteiger charge is 2.42. The first-order valence-corrected chi connectivity index (χ1v) is 11.0. The topological polar surface area (TPSA) is 45.1 Å². The maximum absolute atomic E-state index is 10.6. The number of rotatable bonds is 2. The third kappa shape index (κ3) is 2.99. The zero-order chi connectivity index (χ0) is 19.4. The Morgan fingerprint density at radius 2 is 2.04 bits per heavy atom. The van der Waals surface area contributed by atoms with E-state index in [-0.39, 0.29) is 16.8 Å². The van der Waals surface area contributed by atoms with Crippen LogP contribution in [0, 0.1) is 0 Å². The average Bonchev–Trinajstić information content (AvgIpc) is 3.33. The normalized spacial score (nSPS) is 20.4. The van der Waals surface area contributed by atoms with Crippen LogP contribution >= 0.6 is 50.5 Å². The van der Waals surface area contributed by atoms with Gasteiger partial charge in [0.1, 0.15) is 11.5 Å². The van der Waals surface area contributed by atoms with Crippen molar-refractivity contribution in [1.82, 2.24) is 5.01 Å². The van der Waals surface area contributed by atoms with E-state index in [0.29, 0.717) is 10.6 Å². The number of ether oxygens (including phenoxy) is 1. The van der Waals surface area contributed by atoms with Crippen LogP contribution in [0.1, 0.15) is 34.7 Å². The van der Waals surface area contributed by atoms with Gasteiger partial charge in [-0.1, -0.05) is 45.2 Å². The molecule has 28 heavy (non-hydrogen) atoms. The van der Waals surface area contributed by atoms with Crippen LogP contribution in [0.15, 0.2) is 57.4 Å². The molecule has 5 rings (SSSR count). The van der Waals surface area contributed by atoms with E-state index in [2.05, 4.69) is 28.1 Å². The molecule has 2 aliphatic heterocycles. The monoisotopic (exact) mass is 494 g/mol. The number of nitrogens with zero attached hydrogens (tertiary/aromatic N) is 2. The van der Waals surface area contributed by atoms with E-state index in [4.69, 9.17) is 33.0 Å². The highest BCUT2D eigenvalue weighted by Crippen LogP contribution is 2.50. The third-order valence-electron chi connectivity index (χ3n) is 4.88. The summed E-state index contributed by atoms with van der Waals surface area (Å²) >= 11 is 17.6. The molecule has 1 aromatic heterocycles. The zero-order valence-electron chi connectivity index (χ0n) is 14.3. The molecule has 0 saturated carbocycles. The summed E-state index contributed by atoms with van der Waals surface area (Å²) in [4.78, 5) is 1.12. The van der Waals surface area contributed by atoms with E-state index < -0.39 is 6.23 Å². The summed E-state index contributed by atoms with van der Waals surface area (Å²) in [7, 11) is 0. The summed E-state index contributed by atoms with van der Waals surface area (Å²) in [5.74, 6) is 0.711. The number of thiophene rings is 1. The molecule has 0 fully saturated rings. The molecule has 0 saturated heterocycles. The number of benzene rings is 2. The Balaban J connectivity index is 1.66. The maximum atomic E-state index is 10.6. The second kappa shape index (κ2) is 6.95. The lowest BCUT2D eigenvalue weighted by Crippen LogP contribution is -2.33. The lowest BCUT2D eigenvalue weighted by atomic mass is 9.97. The molecule has 142 valence electrons. The van der Waals surface area contributed by atoms with Gasteiger partial charge < -0.3 is 9.84 Å². The lowest BCUT2D eigenvalue weighted by Gasteiger charge is -2.38. The molecule has 3 aromatic rings. The molecule has 8 heteroatoms. The van der Waals surface area contributed by atoms with Gasteiger partial charge in [-0.25, -0.2) is 5.01 Å². The molecule has 0 bridgehead atoms. The number of fused-ring (bicyclic) bond motifs is 3. The average molecular weight is 496 g/mol. The minimum absolute atomic E-state index is 0.0134. The summed E-state index contributed by atoms with van der Waals surface area (Å²) in [6, 6.07) is 13.2. The molecule has 2 aromatic carbocycles. The molecule has 2 aliphatic rings. The number of hydrazone groups is 1. The van der Waals surface area contributed by atoms with Crippen molar-refractivity contribution >= 4 is 56.2 Å². The second-order valence-corrected chi connectivity index (χ2v) is 9.31. The Morgan fingerprint density at radius 1 is 1.18 bits per heavy atom. The van der Waals surface area contributed by atoms with Crippen LogP contribution in [0.2, 0.25) is 10.0 Å². The SMILES string of the molecule is Oc1c(Cl)cc(Cl)cc1[C@H]1Oc2ccc(Br)cc2[C@@H]2CC(c3cccs3)=NN12. The Morgan fingerprint density at radius 3 is 2.82 bits per heavy atom. The van der Waals surface area contributed by atoms with Crippen molar-refractivity contribution < 1.29 is 9.84 Å². The van der Waals surface area contributed by atoms with Gasteiger partial charge in [-0.05, 0) is 41.8 Å². The summed E-state index contributed by atoms with van der Waals surface area (Å²) in [6.45, 7) is 0. The molecule has 0 unspecified atom stereocenters. The molecule has 4 nitrogen and oxygen atoms in total. The van der Waals surface area contributed by atoms with Crippen molar-refractivity contribution in [3.8, 4) is 11.5 Å². The largest absolute Gasteiger partial charge is 0.506 e. The predicted molar refractivity (Wildman–Crippen MR) is 116 cm³/mol. The van der Waals surface area contributed by atoms with Crippen LogP contribution in [-0.4, -0.2) is 15.8 Å². The standard InChI is InChI=1S/C20H13BrCl2N2O2S/c21-10-3-4-17-12(6-10)16-9-15(18-2-1-5-28-18)24-25(16)20(27-17)13-7-11(22)8-14(23)19(13)26/h1-8,16,20,26H,9H2/t16-,20+/m0/s1. The molecular weight excluding hydrogens is 483 g/mol. The molecule has 1 N–H and O–H groups in total. The quantitative estimate of drug-likeness (QED) is 0.426. The molecular formula is C20H13BrCl2N2O2S. The number of hydrogen-bond donors (Lipinski definition) is 1. The van der Waals surface area contributed by atoms with E-state index in [0.717, 1.165) is 32.8 Å². The van der Waals surface area contributed by atoms with Gasteiger partial charge in [0.25, 0.3) is 0 Å². The van der Waals surface area contributed by atoms with E-state index in [9.17, 15) is 5.11 Å². The number of aromatic hydroxyl groups is 1. The molecule has 3 heterocycles. The Labute approximate surface area is 184 Å². The summed E-state index contributed by atoms with van der Waals surface area (Å²) < 4.78 is 7.25. The number of hydrogen-bond acceptors (Lipinski definition) is 5. The van der Waals surface area contributed by atoms with Crippen molar-refractivity contribution in [1.29, 1.82) is 0 Å². The fraction of sp³-hybridized carbons (Fsp3) is 0.150. The van der Waals surface area contributed by atoms with Crippen LogP contribution in [0.3, 0.4) is 0 Å². The highest BCUT2D eigenvalue weighted by atomic mass is 79.9. The fourth-order valence-corrected chi connectivity index (χ4v) is 5.24. The number of phenols is 1. The molecule has 0 amide bonds. The molecule has 0 radical (unpaired) electrons. The highest BCUT2D eigenvalue weighted by molar-refractivity contribution is 9.10. The summed E-state index contributed by atoms with van der Waals surface area (Å²) in [5, 5.41) is 20.0. The Bertz CT molecular complexity index is 1100. The lowest BCUT2D eigenvalue weighted by molar-refractivity contribution is -0.0203. The van der Waals surface area contributed by atoms with Crippen molar-refractivity contribution in [3.63, 3.8) is 0 Å². The van der Waals surface area contributed by atoms with Gasteiger partial charge in [0, 0.05) is 21.5 Å². The fourth-order valence-electron chi connectivity index (χ4n) is 3.63. The Hall–Kier alpha value is -1.73. The van der Waals surface area contributed by atoms with E-state index in [1.807, 2.05) is 28.6 Å². The smallest absolute Gasteiger partial charge is 0.217 e. The van der Waals surface area contributed by atoms with Gasteiger partial charge in [-0.15, -0.1) is 11.3 Å². The van der Waals surface area contributed by atoms with Crippen molar-refractivity contribution in [2.75, 3.05) is 0 Å². The van der Waals surface area contributed by atoms with Crippen LogP contribution in [-0.2, 0) is 0 Å². The molecule has 0 aliphatic carbocycles. The number of halogens is 3. The molecule has 0 spiro atoms. The number of phenolic OH excluding ortho intramolecular Hbond substituents is 1. The van der Waals surface area contributed by atoms with Crippen LogP contribution in [0.4, 0.5) is 0 Å². The van der Waals surface area contributed by atoms with E-state index >= 15 is 0 Å². The van der Waals surface area contributed by atoms with Crippen molar-refractivity contribution in [2.45, 2.75) is 18.7 Å². The van der Waals surface area contributed by atoms with Gasteiger partial charge >= 0.3 is 0 Å². The van der Waals surface area contributed by atoms with Gasteiger partial charge in [0.2, 0.25) is 6.23 Å². The predicted octanol–water partition coefficient (Wildman–Crippen LogP) is 6.77. The van der Waals surface area contributed by atoms with Crippen molar-refractivity contribution in [3.05, 3.63) is 78.4 Å². The summed E-state index contributed by atoms with van der Waals surface area (Å²) in [5.41, 5.74) is 2.54. The van der Waals surface area contributed by atoms with Gasteiger partial charge in [-0.2, -0.15) is 5.10 Å². The first-order valence-electron chi connectivity index (χ1n) is 8.55. The van der Waals surface area contributed by atoms with Crippen molar-refractivity contribution in [2.24, 2.45) is 5.10 Å². The molecule has 2 atom stereocenters. The van der Waals surface area contributed by atoms with Crippen LogP contribution in [0.5, 0.6) is 11.5 Å². The minimum Gasteiger partial charge on any atom is -0.506 e. The van der Waals surface area contributed by atoms with Crippen LogP contribution < -0.4 is 4.74 Å². The van der Waals surface area contributed by atoms with E-state index in [1.165, 1.54) is 6.07 Å². The Kier molecular flexibility index (Phi) is 4.55. The summed E-state index contributed by atoms with van der Waals surface area (Å²) in [6.07, 6.45) is 0.117. The van der Waals surface area contributed by atoms with Gasteiger partial charge in [-0.3, -0.25) is 0 Å². The first-order chi connectivity index (χ1) is 13.5. The minimum atomic E-state index is -0.632. The van der Waals surface area contributed by atoms with Gasteiger partial charge in [0.05, 0.1) is 27.2 Å². The van der Waals surface area contributed by atoms with Gasteiger partial charge in [0.15, 0.2) is 0 Å². The van der Waals surface area contributed by atoms with E-state index in [1.54, 1.807) is 17.4 Å². The second-order valence-electron chi connectivity index (χ2n) is 6.60. The van der Waals surface area contributed by atoms with Crippen LogP contribution in [0.25, 0.3) is 0 Å². The first kappa shape index (κ1) is 18.3. The third-order valence-corrected chi connectivity index (χ3v) is 6.80. The zero-order valence-corrected chi connectivity index (χ0v) is 18.2. The maximum Gasteiger partial charge on any atom is 0.217 e.